The largest absolute Gasteiger partial charge is 0.350 e. The Bertz CT molecular complexity index is 1300. The zero-order valence-corrected chi connectivity index (χ0v) is 16.1. The molecule has 1 N–H and O–H groups in total. The fourth-order valence-corrected chi connectivity index (χ4v) is 3.10. The van der Waals surface area contributed by atoms with Gasteiger partial charge in [-0.15, -0.1) is 0 Å². The Morgan fingerprint density at radius 3 is 2.53 bits per heavy atom. The lowest BCUT2D eigenvalue weighted by Gasteiger charge is -2.08. The van der Waals surface area contributed by atoms with E-state index >= 15 is 0 Å². The predicted octanol–water partition coefficient (Wildman–Crippen LogP) is 2.81. The molecule has 0 unspecified atom stereocenters. The van der Waals surface area contributed by atoms with E-state index in [2.05, 4.69) is 15.5 Å². The minimum atomic E-state index is -0.506. The van der Waals surface area contributed by atoms with Gasteiger partial charge in [0.05, 0.1) is 5.69 Å². The zero-order chi connectivity index (χ0) is 21.3. The van der Waals surface area contributed by atoms with Crippen LogP contribution in [0.2, 0.25) is 5.02 Å². The summed E-state index contributed by atoms with van der Waals surface area (Å²) in [5.74, 6) is -1.31. The van der Waals surface area contributed by atoms with Gasteiger partial charge in [-0.1, -0.05) is 17.7 Å². The number of rotatable bonds is 5. The Labute approximate surface area is 173 Å². The highest BCUT2D eigenvalue weighted by atomic mass is 35.5. The molecule has 0 spiro atoms. The predicted molar refractivity (Wildman–Crippen MR) is 106 cm³/mol. The fraction of sp³-hybridized carbons (Fsp3) is 0.100. The van der Waals surface area contributed by atoms with E-state index in [1.807, 2.05) is 0 Å². The summed E-state index contributed by atoms with van der Waals surface area (Å²) in [5, 5.41) is 11.0. The summed E-state index contributed by atoms with van der Waals surface area (Å²) in [5.41, 5.74) is 1.37. The van der Waals surface area contributed by atoms with Gasteiger partial charge in [0.2, 0.25) is 5.91 Å². The Morgan fingerprint density at radius 1 is 1.07 bits per heavy atom. The second-order valence-electron chi connectivity index (χ2n) is 6.47. The quantitative estimate of drug-likeness (QED) is 0.529. The Hall–Kier alpha value is -3.59. The van der Waals surface area contributed by atoms with Gasteiger partial charge >= 0.3 is 0 Å². The van der Waals surface area contributed by atoms with E-state index < -0.39 is 17.3 Å². The number of fused-ring (bicyclic) bond motifs is 1. The smallest absolute Gasteiger partial charge is 0.293 e. The number of halogens is 3. The van der Waals surface area contributed by atoms with Crippen LogP contribution in [0.5, 0.6) is 0 Å². The Kier molecular flexibility index (Phi) is 5.28. The van der Waals surface area contributed by atoms with Gasteiger partial charge in [-0.25, -0.2) is 18.0 Å². The van der Waals surface area contributed by atoms with Crippen molar-refractivity contribution in [2.24, 2.45) is 0 Å². The van der Waals surface area contributed by atoms with Crippen LogP contribution in [0, 0.1) is 11.6 Å². The van der Waals surface area contributed by atoms with Crippen molar-refractivity contribution < 1.29 is 13.6 Å². The lowest BCUT2D eigenvalue weighted by Crippen LogP contribution is -2.34. The average Bonchev–Trinajstić information content (AvgIpc) is 3.15. The van der Waals surface area contributed by atoms with Crippen LogP contribution in [0.1, 0.15) is 5.56 Å². The number of benzene rings is 2. The highest BCUT2D eigenvalue weighted by Crippen LogP contribution is 2.19. The van der Waals surface area contributed by atoms with Gasteiger partial charge in [0.25, 0.3) is 5.56 Å². The van der Waals surface area contributed by atoms with Crippen LogP contribution in [-0.4, -0.2) is 25.3 Å². The van der Waals surface area contributed by atoms with E-state index in [0.717, 1.165) is 10.7 Å². The Morgan fingerprint density at radius 2 is 1.80 bits per heavy atom. The second kappa shape index (κ2) is 8.03. The average molecular weight is 430 g/mol. The van der Waals surface area contributed by atoms with Crippen LogP contribution in [0.4, 0.5) is 8.78 Å². The number of carbonyl (C=O) groups excluding carboxylic acids is 1. The number of aromatic nitrogens is 4. The molecule has 2 aromatic carbocycles. The highest BCUT2D eigenvalue weighted by molar-refractivity contribution is 6.31. The molecule has 2 aromatic heterocycles. The van der Waals surface area contributed by atoms with E-state index in [9.17, 15) is 18.4 Å². The summed E-state index contributed by atoms with van der Waals surface area (Å²) in [7, 11) is 0. The molecular weight excluding hydrogens is 416 g/mol. The van der Waals surface area contributed by atoms with Crippen LogP contribution in [0.25, 0.3) is 16.8 Å². The minimum absolute atomic E-state index is 0.0797. The number of nitrogens with zero attached hydrogens (tertiary/aromatic N) is 4. The third-order valence-corrected chi connectivity index (χ3v) is 4.77. The lowest BCUT2D eigenvalue weighted by atomic mass is 10.1. The van der Waals surface area contributed by atoms with Crippen LogP contribution >= 0.6 is 11.6 Å². The summed E-state index contributed by atoms with van der Waals surface area (Å²) >= 11 is 5.94. The van der Waals surface area contributed by atoms with Crippen molar-refractivity contribution in [3.63, 3.8) is 0 Å². The van der Waals surface area contributed by atoms with Gasteiger partial charge in [-0.05, 0) is 48.0 Å². The highest BCUT2D eigenvalue weighted by Gasteiger charge is 2.13. The molecule has 0 saturated carbocycles. The van der Waals surface area contributed by atoms with Crippen LogP contribution in [0.3, 0.4) is 0 Å². The van der Waals surface area contributed by atoms with E-state index in [0.29, 0.717) is 16.8 Å². The van der Waals surface area contributed by atoms with Gasteiger partial charge in [0.1, 0.15) is 30.0 Å². The molecule has 0 bridgehead atoms. The SMILES string of the molecule is O=C(Cn1ncn2nc(-c3ccc(F)cc3)cc2c1=O)NCc1ccc(F)cc1Cl. The maximum absolute atomic E-state index is 13.1. The second-order valence-corrected chi connectivity index (χ2v) is 6.88. The summed E-state index contributed by atoms with van der Waals surface area (Å²) in [4.78, 5) is 24.9. The van der Waals surface area contributed by atoms with Crippen molar-refractivity contribution in [2.75, 3.05) is 0 Å². The lowest BCUT2D eigenvalue weighted by molar-refractivity contribution is -0.122. The molecule has 0 aliphatic carbocycles. The molecule has 2 heterocycles. The fourth-order valence-electron chi connectivity index (χ4n) is 2.86. The van der Waals surface area contributed by atoms with Gasteiger partial charge < -0.3 is 5.32 Å². The molecule has 0 saturated heterocycles. The number of nitrogens with one attached hydrogen (secondary N) is 1. The maximum Gasteiger partial charge on any atom is 0.293 e. The minimum Gasteiger partial charge on any atom is -0.350 e. The summed E-state index contributed by atoms with van der Waals surface area (Å²) in [6, 6.07) is 11.1. The monoisotopic (exact) mass is 429 g/mol. The first-order valence-electron chi connectivity index (χ1n) is 8.83. The van der Waals surface area contributed by atoms with Crippen LogP contribution in [0.15, 0.2) is 59.7 Å². The third kappa shape index (κ3) is 4.06. The van der Waals surface area contributed by atoms with Crippen molar-refractivity contribution in [1.82, 2.24) is 24.7 Å². The third-order valence-electron chi connectivity index (χ3n) is 4.41. The molecule has 0 aliphatic rings. The van der Waals surface area contributed by atoms with E-state index in [-0.39, 0.29) is 29.4 Å². The molecule has 4 rings (SSSR count). The van der Waals surface area contributed by atoms with Gasteiger partial charge in [-0.3, -0.25) is 9.59 Å². The molecule has 10 heteroatoms. The molecular formula is C20H14ClF2N5O2. The summed E-state index contributed by atoms with van der Waals surface area (Å²) < 4.78 is 28.5. The Balaban J connectivity index is 1.51. The van der Waals surface area contributed by atoms with Crippen LogP contribution in [-0.2, 0) is 17.9 Å². The molecule has 1 amide bonds. The van der Waals surface area contributed by atoms with Crippen molar-refractivity contribution >= 4 is 23.0 Å². The molecule has 0 aliphatic heterocycles. The van der Waals surface area contributed by atoms with Gasteiger partial charge in [0, 0.05) is 17.1 Å². The molecule has 30 heavy (non-hydrogen) atoms. The standard InChI is InChI=1S/C20H14ClF2N5O2/c21-16-7-15(23)6-3-13(16)9-24-19(29)10-27-20(30)18-8-17(26-28(18)11-25-27)12-1-4-14(22)5-2-12/h1-8,11H,9-10H2,(H,24,29). The number of hydrogen-bond acceptors (Lipinski definition) is 4. The van der Waals surface area contributed by atoms with Crippen molar-refractivity contribution in [1.29, 1.82) is 0 Å². The first kappa shape index (κ1) is 19.7. The topological polar surface area (TPSA) is 81.3 Å². The van der Waals surface area contributed by atoms with Gasteiger partial charge in [-0.2, -0.15) is 10.2 Å². The first-order chi connectivity index (χ1) is 14.4. The van der Waals surface area contributed by atoms with E-state index in [1.54, 1.807) is 18.2 Å². The zero-order valence-electron chi connectivity index (χ0n) is 15.3. The van der Waals surface area contributed by atoms with Gasteiger partial charge in [0.15, 0.2) is 0 Å². The molecule has 4 aromatic rings. The molecule has 152 valence electrons. The number of hydrogen-bond donors (Lipinski definition) is 1. The van der Waals surface area contributed by atoms with Crippen molar-refractivity contribution in [3.8, 4) is 11.3 Å². The van der Waals surface area contributed by atoms with E-state index in [4.69, 9.17) is 11.6 Å². The number of amides is 1. The number of carbonyl (C=O) groups is 1. The maximum atomic E-state index is 13.1. The summed E-state index contributed by atoms with van der Waals surface area (Å²) in [6.07, 6.45) is 1.31. The normalized spacial score (nSPS) is 11.0. The molecule has 0 radical (unpaired) electrons. The van der Waals surface area contributed by atoms with Crippen LogP contribution < -0.4 is 10.9 Å². The van der Waals surface area contributed by atoms with Crippen molar-refractivity contribution in [2.45, 2.75) is 13.1 Å². The first-order valence-corrected chi connectivity index (χ1v) is 9.20. The molecule has 0 fully saturated rings. The molecule has 0 atom stereocenters. The van der Waals surface area contributed by atoms with Crippen molar-refractivity contribution in [3.05, 3.63) is 87.4 Å². The summed E-state index contributed by atoms with van der Waals surface area (Å²) in [6.45, 7) is -0.235. The molecule has 7 nitrogen and oxygen atoms in total. The van der Waals surface area contributed by atoms with E-state index in [1.165, 1.54) is 35.1 Å².